The molecule has 0 aliphatic heterocycles. The zero-order chi connectivity index (χ0) is 9.26. The van der Waals surface area contributed by atoms with Crippen LogP contribution in [-0.4, -0.2) is 4.57 Å². The summed E-state index contributed by atoms with van der Waals surface area (Å²) in [5.41, 5.74) is 0.132. The molecule has 13 heavy (non-hydrogen) atoms. The van der Waals surface area contributed by atoms with Gasteiger partial charge in [0.2, 0.25) is 0 Å². The lowest BCUT2D eigenvalue weighted by molar-refractivity contribution is 0.273. The largest absolute Gasteiger partial charge is 0.314 e. The van der Waals surface area contributed by atoms with Gasteiger partial charge in [0.15, 0.2) is 0 Å². The molecule has 70 valence electrons. The van der Waals surface area contributed by atoms with Crippen molar-refractivity contribution < 1.29 is 0 Å². The van der Waals surface area contributed by atoms with E-state index in [1.165, 1.54) is 19.3 Å². The highest BCUT2D eigenvalue weighted by Crippen LogP contribution is 2.27. The van der Waals surface area contributed by atoms with E-state index < -0.39 is 0 Å². The molecule has 1 aliphatic rings. The first-order valence-electron chi connectivity index (χ1n) is 4.62. The maximum Gasteiger partial charge on any atom is 0.250 e. The molecule has 1 saturated carbocycles. The standard InChI is InChI=1S/C10H12INO/c11-9-4-5-10(13)12(7-9)6-8-2-1-3-8/h4-5,7-8H,1-3,6H2. The number of aromatic nitrogens is 1. The van der Waals surface area contributed by atoms with Crippen molar-refractivity contribution >= 4 is 22.6 Å². The number of hydrogen-bond donors (Lipinski definition) is 0. The molecule has 0 unspecified atom stereocenters. The van der Waals surface area contributed by atoms with Gasteiger partial charge in [0.1, 0.15) is 0 Å². The Kier molecular flexibility index (Phi) is 2.71. The molecule has 0 bridgehead atoms. The van der Waals surface area contributed by atoms with Crippen molar-refractivity contribution in [2.45, 2.75) is 25.8 Å². The molecular weight excluding hydrogens is 277 g/mol. The first kappa shape index (κ1) is 9.24. The first-order valence-corrected chi connectivity index (χ1v) is 5.69. The summed E-state index contributed by atoms with van der Waals surface area (Å²) < 4.78 is 2.97. The summed E-state index contributed by atoms with van der Waals surface area (Å²) in [5.74, 6) is 0.746. The van der Waals surface area contributed by atoms with Crippen LogP contribution in [0.5, 0.6) is 0 Å². The molecule has 0 aromatic carbocycles. The Morgan fingerprint density at radius 1 is 1.46 bits per heavy atom. The van der Waals surface area contributed by atoms with Crippen molar-refractivity contribution in [2.24, 2.45) is 5.92 Å². The van der Waals surface area contributed by atoms with Gasteiger partial charge in [-0.25, -0.2) is 0 Å². The van der Waals surface area contributed by atoms with Gasteiger partial charge in [0.25, 0.3) is 5.56 Å². The maximum absolute atomic E-state index is 11.4. The molecule has 0 amide bonds. The number of pyridine rings is 1. The third-order valence-electron chi connectivity index (χ3n) is 2.63. The summed E-state index contributed by atoms with van der Waals surface area (Å²) >= 11 is 2.24. The van der Waals surface area contributed by atoms with E-state index in [-0.39, 0.29) is 5.56 Å². The maximum atomic E-state index is 11.4. The smallest absolute Gasteiger partial charge is 0.250 e. The monoisotopic (exact) mass is 289 g/mol. The van der Waals surface area contributed by atoms with Gasteiger partial charge in [-0.3, -0.25) is 4.79 Å². The predicted molar refractivity (Wildman–Crippen MR) is 60.8 cm³/mol. The minimum atomic E-state index is 0.132. The quantitative estimate of drug-likeness (QED) is 0.765. The molecule has 1 aromatic heterocycles. The summed E-state index contributed by atoms with van der Waals surface area (Å²) in [7, 11) is 0. The average molecular weight is 289 g/mol. The van der Waals surface area contributed by atoms with Gasteiger partial charge in [-0.1, -0.05) is 6.42 Å². The van der Waals surface area contributed by atoms with Crippen molar-refractivity contribution in [1.82, 2.24) is 4.57 Å². The van der Waals surface area contributed by atoms with E-state index in [0.29, 0.717) is 0 Å². The van der Waals surface area contributed by atoms with Crippen LogP contribution in [0.3, 0.4) is 0 Å². The van der Waals surface area contributed by atoms with E-state index in [1.54, 1.807) is 6.07 Å². The van der Waals surface area contributed by atoms with Crippen LogP contribution in [0.25, 0.3) is 0 Å². The first-order chi connectivity index (χ1) is 6.25. The molecule has 1 heterocycles. The second-order valence-electron chi connectivity index (χ2n) is 3.63. The van der Waals surface area contributed by atoms with Gasteiger partial charge < -0.3 is 4.57 Å². The van der Waals surface area contributed by atoms with Gasteiger partial charge in [-0.15, -0.1) is 0 Å². The van der Waals surface area contributed by atoms with Crippen LogP contribution >= 0.6 is 22.6 Å². The van der Waals surface area contributed by atoms with Crippen LogP contribution in [0, 0.1) is 9.49 Å². The number of rotatable bonds is 2. The van der Waals surface area contributed by atoms with Gasteiger partial charge in [0.05, 0.1) is 0 Å². The third-order valence-corrected chi connectivity index (χ3v) is 3.27. The molecule has 1 aromatic rings. The lowest BCUT2D eigenvalue weighted by atomic mass is 9.85. The lowest BCUT2D eigenvalue weighted by Gasteiger charge is -2.25. The Hall–Kier alpha value is -0.320. The van der Waals surface area contributed by atoms with E-state index in [4.69, 9.17) is 0 Å². The molecule has 0 saturated heterocycles. The molecule has 3 heteroatoms. The van der Waals surface area contributed by atoms with Gasteiger partial charge >= 0.3 is 0 Å². The van der Waals surface area contributed by atoms with Gasteiger partial charge in [-0.2, -0.15) is 0 Å². The minimum Gasteiger partial charge on any atom is -0.314 e. The van der Waals surface area contributed by atoms with Crippen molar-refractivity contribution in [3.05, 3.63) is 32.3 Å². The van der Waals surface area contributed by atoms with E-state index in [1.807, 2.05) is 16.8 Å². The van der Waals surface area contributed by atoms with Crippen LogP contribution in [0.4, 0.5) is 0 Å². The fraction of sp³-hybridized carbons (Fsp3) is 0.500. The zero-order valence-electron chi connectivity index (χ0n) is 7.37. The Morgan fingerprint density at radius 2 is 2.23 bits per heavy atom. The van der Waals surface area contributed by atoms with Crippen LogP contribution in [0.15, 0.2) is 23.1 Å². The topological polar surface area (TPSA) is 22.0 Å². The molecule has 2 nitrogen and oxygen atoms in total. The summed E-state index contributed by atoms with van der Waals surface area (Å²) in [6, 6.07) is 3.51. The fourth-order valence-corrected chi connectivity index (χ4v) is 2.11. The van der Waals surface area contributed by atoms with Crippen LogP contribution in [0.1, 0.15) is 19.3 Å². The number of halogens is 1. The van der Waals surface area contributed by atoms with Crippen molar-refractivity contribution in [3.8, 4) is 0 Å². The molecule has 2 rings (SSSR count). The fourth-order valence-electron chi connectivity index (χ4n) is 1.60. The normalized spacial score (nSPS) is 17.0. The van der Waals surface area contributed by atoms with E-state index in [2.05, 4.69) is 22.6 Å². The lowest BCUT2D eigenvalue weighted by Crippen LogP contribution is -2.26. The zero-order valence-corrected chi connectivity index (χ0v) is 9.53. The Balaban J connectivity index is 2.17. The van der Waals surface area contributed by atoms with Crippen molar-refractivity contribution in [2.75, 3.05) is 0 Å². The number of hydrogen-bond acceptors (Lipinski definition) is 1. The van der Waals surface area contributed by atoms with Gasteiger partial charge in [0, 0.05) is 22.4 Å². The molecule has 1 aliphatic carbocycles. The second kappa shape index (κ2) is 3.82. The van der Waals surface area contributed by atoms with Crippen molar-refractivity contribution in [3.63, 3.8) is 0 Å². The SMILES string of the molecule is O=c1ccc(I)cn1CC1CCC1. The summed E-state index contributed by atoms with van der Waals surface area (Å²) in [6.07, 6.45) is 5.86. The van der Waals surface area contributed by atoms with Gasteiger partial charge in [-0.05, 0) is 47.4 Å². The van der Waals surface area contributed by atoms with Crippen LogP contribution in [0.2, 0.25) is 0 Å². The highest BCUT2D eigenvalue weighted by atomic mass is 127. The minimum absolute atomic E-state index is 0.132. The molecule has 0 radical (unpaired) electrons. The van der Waals surface area contributed by atoms with E-state index in [0.717, 1.165) is 16.0 Å². The molecular formula is C10H12INO. The summed E-state index contributed by atoms with van der Waals surface area (Å²) in [4.78, 5) is 11.4. The van der Waals surface area contributed by atoms with E-state index >= 15 is 0 Å². The number of nitrogens with zero attached hydrogens (tertiary/aromatic N) is 1. The second-order valence-corrected chi connectivity index (χ2v) is 4.88. The van der Waals surface area contributed by atoms with Crippen LogP contribution in [-0.2, 0) is 6.54 Å². The predicted octanol–water partition coefficient (Wildman–Crippen LogP) is 2.25. The Bertz CT molecular complexity index is 354. The van der Waals surface area contributed by atoms with E-state index in [9.17, 15) is 4.79 Å². The third kappa shape index (κ3) is 2.13. The molecule has 0 atom stereocenters. The highest BCUT2D eigenvalue weighted by molar-refractivity contribution is 14.1. The summed E-state index contributed by atoms with van der Waals surface area (Å²) in [6.45, 7) is 0.912. The summed E-state index contributed by atoms with van der Waals surface area (Å²) in [5, 5.41) is 0. The molecule has 1 fully saturated rings. The van der Waals surface area contributed by atoms with Crippen LogP contribution < -0.4 is 5.56 Å². The average Bonchev–Trinajstić information content (AvgIpc) is 2.03. The Labute approximate surface area is 91.1 Å². The Morgan fingerprint density at radius 3 is 2.85 bits per heavy atom. The highest BCUT2D eigenvalue weighted by Gasteiger charge is 2.17. The molecule has 0 N–H and O–H groups in total. The molecule has 0 spiro atoms. The van der Waals surface area contributed by atoms with Crippen molar-refractivity contribution in [1.29, 1.82) is 0 Å².